The molecule has 1 amide bonds. The van der Waals surface area contributed by atoms with E-state index in [-0.39, 0.29) is 11.7 Å². The van der Waals surface area contributed by atoms with Crippen LogP contribution in [0, 0.1) is 17.7 Å². The molecular weight excluding hydrogens is 549 g/mol. The van der Waals surface area contributed by atoms with Crippen molar-refractivity contribution in [3.63, 3.8) is 0 Å². The summed E-state index contributed by atoms with van der Waals surface area (Å²) in [4.78, 5) is 18.0. The van der Waals surface area contributed by atoms with Crippen LogP contribution < -0.4 is 10.6 Å². The maximum absolute atomic E-state index is 13.8. The van der Waals surface area contributed by atoms with Crippen LogP contribution in [0.3, 0.4) is 0 Å². The third-order valence-corrected chi connectivity index (χ3v) is 9.37. The summed E-state index contributed by atoms with van der Waals surface area (Å²) in [5.74, 6) is -0.415. The molecule has 3 aliphatic rings. The van der Waals surface area contributed by atoms with Crippen molar-refractivity contribution in [1.29, 1.82) is 0 Å². The summed E-state index contributed by atoms with van der Waals surface area (Å²) in [5.41, 5.74) is -1.32. The first kappa shape index (κ1) is 30.6. The topological polar surface area (TPSA) is 133 Å². The van der Waals surface area contributed by atoms with Crippen molar-refractivity contribution in [1.82, 2.24) is 10.6 Å². The summed E-state index contributed by atoms with van der Waals surface area (Å²) in [6.45, 7) is 6.30. The van der Waals surface area contributed by atoms with E-state index in [2.05, 4.69) is 22.3 Å². The molecule has 1 aromatic rings. The summed E-state index contributed by atoms with van der Waals surface area (Å²) in [7, 11) is 0. The van der Waals surface area contributed by atoms with Crippen molar-refractivity contribution < 1.29 is 34.0 Å². The van der Waals surface area contributed by atoms with E-state index >= 15 is 0 Å². The molecule has 3 heterocycles. The first-order chi connectivity index (χ1) is 18.6. The van der Waals surface area contributed by atoms with E-state index < -0.39 is 58.9 Å². The SMILES string of the molecule is C=N[C@]1(C(=O)N[C@H]([C@H](C)Cl)[C@H]2OC(SC)[C@H](O)C(O)C2O)NC[C@@H]2C[C@@H](CCc3cccc(F)c3)CCO[C@H]21. The number of hydrogen-bond acceptors (Lipinski definition) is 9. The highest BCUT2D eigenvalue weighted by Crippen LogP contribution is 2.38. The van der Waals surface area contributed by atoms with Crippen LogP contribution in [0.15, 0.2) is 29.3 Å². The van der Waals surface area contributed by atoms with Crippen molar-refractivity contribution in [2.45, 2.75) is 85.6 Å². The third-order valence-electron chi connectivity index (χ3n) is 8.24. The Bertz CT molecular complexity index is 1010. The summed E-state index contributed by atoms with van der Waals surface area (Å²) in [6, 6.07) is 5.74. The van der Waals surface area contributed by atoms with Gasteiger partial charge in [-0.2, -0.15) is 0 Å². The fraction of sp³-hybridized carbons (Fsp3) is 0.704. The van der Waals surface area contributed by atoms with Crippen LogP contribution in [0.2, 0.25) is 0 Å². The minimum absolute atomic E-state index is 0.00231. The number of ether oxygens (including phenoxy) is 2. The molecule has 0 spiro atoms. The van der Waals surface area contributed by atoms with Gasteiger partial charge in [0.25, 0.3) is 5.91 Å². The maximum atomic E-state index is 13.8. The molecule has 1 aromatic carbocycles. The second-order valence-corrected chi connectivity index (χ2v) is 12.4. The molecule has 3 aliphatic heterocycles. The van der Waals surface area contributed by atoms with Gasteiger partial charge >= 0.3 is 0 Å². The number of carbonyl (C=O) groups excluding carboxylic acids is 1. The lowest BCUT2D eigenvalue weighted by Crippen LogP contribution is -2.67. The number of nitrogens with zero attached hydrogens (tertiary/aromatic N) is 1. The van der Waals surface area contributed by atoms with Gasteiger partial charge in [0.2, 0.25) is 5.66 Å². The van der Waals surface area contributed by atoms with E-state index in [9.17, 15) is 24.5 Å². The van der Waals surface area contributed by atoms with Crippen molar-refractivity contribution in [2.24, 2.45) is 16.8 Å². The zero-order valence-corrected chi connectivity index (χ0v) is 23.8. The van der Waals surface area contributed by atoms with Crippen molar-refractivity contribution in [3.05, 3.63) is 35.6 Å². The predicted molar refractivity (Wildman–Crippen MR) is 148 cm³/mol. The molecule has 0 saturated carbocycles. The van der Waals surface area contributed by atoms with Crippen molar-refractivity contribution in [3.8, 4) is 0 Å². The fourth-order valence-corrected chi connectivity index (χ4v) is 6.93. The molecule has 4 rings (SSSR count). The Morgan fingerprint density at radius 1 is 1.36 bits per heavy atom. The second kappa shape index (κ2) is 13.1. The number of nitrogens with one attached hydrogen (secondary N) is 2. The smallest absolute Gasteiger partial charge is 0.265 e. The number of aliphatic imine (C=N–C) groups is 1. The summed E-state index contributed by atoms with van der Waals surface area (Å²) >= 11 is 7.64. The Hall–Kier alpha value is -1.31. The Labute approximate surface area is 237 Å². The highest BCUT2D eigenvalue weighted by atomic mass is 35.5. The lowest BCUT2D eigenvalue weighted by atomic mass is 9.85. The number of amides is 1. The van der Waals surface area contributed by atoms with Crippen LogP contribution in [-0.2, 0) is 20.7 Å². The lowest BCUT2D eigenvalue weighted by Gasteiger charge is -2.44. The highest BCUT2D eigenvalue weighted by molar-refractivity contribution is 7.99. The molecule has 0 aliphatic carbocycles. The quantitative estimate of drug-likeness (QED) is 0.217. The van der Waals surface area contributed by atoms with Gasteiger partial charge in [-0.05, 0) is 69.2 Å². The van der Waals surface area contributed by atoms with Crippen LogP contribution in [-0.4, -0.2) is 100 Å². The number of aliphatic hydroxyl groups is 3. The van der Waals surface area contributed by atoms with Gasteiger partial charge in [-0.3, -0.25) is 15.1 Å². The van der Waals surface area contributed by atoms with Gasteiger partial charge in [0, 0.05) is 19.1 Å². The largest absolute Gasteiger partial charge is 0.388 e. The number of hydrogen-bond donors (Lipinski definition) is 5. The third kappa shape index (κ3) is 6.46. The van der Waals surface area contributed by atoms with Gasteiger partial charge in [0.1, 0.15) is 41.8 Å². The molecule has 0 aromatic heterocycles. The number of fused-ring (bicyclic) bond motifs is 1. The Morgan fingerprint density at radius 3 is 2.79 bits per heavy atom. The van der Waals surface area contributed by atoms with Gasteiger partial charge in [-0.1, -0.05) is 12.1 Å². The standard InChI is InChI=1S/C27H39ClFN3O6S/c1-14(28)19(23-21(34)20(33)22(35)25(38-23)39-3)32-26(36)27(30-2)24-17(13-31-27)11-16(9-10-37-24)8-7-15-5-4-6-18(29)12-15/h4-6,12,14,16-17,19-25,31,33-35H,2,7-11,13H2,1,3H3,(H,32,36)/t14-,16-,17-,19+,20?,21?,22+,23+,24+,25?,27-/m0/s1. The molecular formula is C27H39ClFN3O6S. The minimum Gasteiger partial charge on any atom is -0.388 e. The van der Waals surface area contributed by atoms with Gasteiger partial charge in [0.15, 0.2) is 0 Å². The number of carbonyl (C=O) groups is 1. The van der Waals surface area contributed by atoms with E-state index in [1.54, 1.807) is 25.3 Å². The molecule has 0 bridgehead atoms. The molecule has 9 nitrogen and oxygen atoms in total. The monoisotopic (exact) mass is 587 g/mol. The summed E-state index contributed by atoms with van der Waals surface area (Å²) < 4.78 is 25.7. The molecule has 0 radical (unpaired) electrons. The minimum atomic E-state index is -1.47. The number of benzene rings is 1. The van der Waals surface area contributed by atoms with Crippen LogP contribution >= 0.6 is 23.4 Å². The van der Waals surface area contributed by atoms with Gasteiger partial charge in [0.05, 0.1) is 11.4 Å². The number of aryl methyl sites for hydroxylation is 1. The van der Waals surface area contributed by atoms with Gasteiger partial charge in [-0.25, -0.2) is 4.39 Å². The maximum Gasteiger partial charge on any atom is 0.265 e. The Balaban J connectivity index is 1.45. The van der Waals surface area contributed by atoms with E-state index in [0.717, 1.165) is 31.2 Å². The number of halogens is 2. The average molecular weight is 588 g/mol. The normalized spacial score (nSPS) is 38.3. The fourth-order valence-electron chi connectivity index (χ4n) is 6.04. The Kier molecular flexibility index (Phi) is 10.3. The summed E-state index contributed by atoms with van der Waals surface area (Å²) in [5, 5.41) is 36.7. The highest BCUT2D eigenvalue weighted by Gasteiger charge is 2.57. The molecule has 5 N–H and O–H groups in total. The molecule has 3 saturated heterocycles. The van der Waals surface area contributed by atoms with Crippen molar-refractivity contribution >= 4 is 36.0 Å². The van der Waals surface area contributed by atoms with E-state index in [4.69, 9.17) is 21.1 Å². The molecule has 11 atom stereocenters. The van der Waals surface area contributed by atoms with Crippen LogP contribution in [0.4, 0.5) is 4.39 Å². The van der Waals surface area contributed by atoms with Gasteiger partial charge in [-0.15, -0.1) is 23.4 Å². The number of alkyl halides is 1. The zero-order chi connectivity index (χ0) is 28.3. The summed E-state index contributed by atoms with van der Waals surface area (Å²) in [6.07, 6.45) is -0.887. The van der Waals surface area contributed by atoms with Crippen LogP contribution in [0.1, 0.15) is 31.7 Å². The van der Waals surface area contributed by atoms with E-state index in [1.807, 2.05) is 6.07 Å². The lowest BCUT2D eigenvalue weighted by molar-refractivity contribution is -0.205. The molecule has 218 valence electrons. The number of aliphatic hydroxyl groups excluding tert-OH is 3. The molecule has 3 fully saturated rings. The van der Waals surface area contributed by atoms with Crippen LogP contribution in [0.5, 0.6) is 0 Å². The zero-order valence-electron chi connectivity index (χ0n) is 22.2. The van der Waals surface area contributed by atoms with E-state index in [0.29, 0.717) is 19.1 Å². The van der Waals surface area contributed by atoms with Gasteiger partial charge < -0.3 is 30.1 Å². The van der Waals surface area contributed by atoms with Crippen LogP contribution in [0.25, 0.3) is 0 Å². The first-order valence-electron chi connectivity index (χ1n) is 13.4. The number of rotatable bonds is 9. The molecule has 39 heavy (non-hydrogen) atoms. The number of thioether (sulfide) groups is 1. The molecule has 12 heteroatoms. The Morgan fingerprint density at radius 2 is 2.13 bits per heavy atom. The average Bonchev–Trinajstić information content (AvgIpc) is 3.13. The van der Waals surface area contributed by atoms with Crippen molar-refractivity contribution in [2.75, 3.05) is 19.4 Å². The first-order valence-corrected chi connectivity index (χ1v) is 15.1. The second-order valence-electron chi connectivity index (χ2n) is 10.8. The molecule has 3 unspecified atom stereocenters. The van der Waals surface area contributed by atoms with E-state index in [1.165, 1.54) is 17.8 Å². The predicted octanol–water partition coefficient (Wildman–Crippen LogP) is 1.45.